The zero-order valence-electron chi connectivity index (χ0n) is 21.0. The van der Waals surface area contributed by atoms with E-state index >= 15 is 4.39 Å². The van der Waals surface area contributed by atoms with Crippen molar-refractivity contribution in [3.05, 3.63) is 35.6 Å². The third-order valence-electron chi connectivity index (χ3n) is 7.16. The number of rotatable bonds is 8. The van der Waals surface area contributed by atoms with Gasteiger partial charge in [0, 0.05) is 90.8 Å². The average molecular weight is 500 g/mol. The largest absolute Gasteiger partial charge is 0.378 e. The molecule has 10 nitrogen and oxygen atoms in total. The van der Waals surface area contributed by atoms with Crippen LogP contribution in [0, 0.1) is 5.82 Å². The predicted molar refractivity (Wildman–Crippen MR) is 142 cm³/mol. The van der Waals surface area contributed by atoms with Crippen LogP contribution in [0.4, 0.5) is 27.7 Å². The Hall–Kier alpha value is -2.73. The van der Waals surface area contributed by atoms with E-state index in [9.17, 15) is 0 Å². The van der Waals surface area contributed by atoms with Crippen LogP contribution in [0.25, 0.3) is 0 Å². The Bertz CT molecular complexity index is 972. The second-order valence-corrected chi connectivity index (χ2v) is 9.47. The highest BCUT2D eigenvalue weighted by Crippen LogP contribution is 2.29. The average Bonchev–Trinajstić information content (AvgIpc) is 2.95. The number of piperazine rings is 2. The number of morpholine rings is 1. The van der Waals surface area contributed by atoms with Gasteiger partial charge in [0.2, 0.25) is 11.8 Å². The molecule has 1 aromatic carbocycles. The molecule has 5 rings (SSSR count). The van der Waals surface area contributed by atoms with Gasteiger partial charge in [-0.2, -0.15) is 14.4 Å². The molecule has 3 aliphatic heterocycles. The summed E-state index contributed by atoms with van der Waals surface area (Å²) in [7, 11) is 0. The fourth-order valence-corrected chi connectivity index (χ4v) is 4.98. The first kappa shape index (κ1) is 24.9. The Morgan fingerprint density at radius 3 is 2.11 bits per heavy atom. The van der Waals surface area contributed by atoms with Crippen LogP contribution in [0.15, 0.2) is 24.3 Å². The third kappa shape index (κ3) is 5.97. The summed E-state index contributed by atoms with van der Waals surface area (Å²) in [5, 5.41) is 6.74. The number of aromatic nitrogens is 2. The number of hydrogen-bond acceptors (Lipinski definition) is 10. The lowest BCUT2D eigenvalue weighted by Gasteiger charge is -2.37. The van der Waals surface area contributed by atoms with Crippen molar-refractivity contribution >= 4 is 23.3 Å². The Balaban J connectivity index is 1.29. The van der Waals surface area contributed by atoms with Crippen LogP contribution in [0.1, 0.15) is 5.56 Å². The third-order valence-corrected chi connectivity index (χ3v) is 7.16. The van der Waals surface area contributed by atoms with Gasteiger partial charge in [0.15, 0.2) is 11.6 Å². The van der Waals surface area contributed by atoms with Gasteiger partial charge in [-0.1, -0.05) is 12.1 Å². The number of nitrogens with zero attached hydrogens (tertiary/aromatic N) is 6. The summed E-state index contributed by atoms with van der Waals surface area (Å²) in [6.07, 6.45) is 0. The van der Waals surface area contributed by atoms with E-state index in [1.54, 1.807) is 0 Å². The molecule has 0 amide bonds. The lowest BCUT2D eigenvalue weighted by molar-refractivity contribution is 0.122. The molecule has 0 radical (unpaired) electrons. The molecule has 196 valence electrons. The summed E-state index contributed by atoms with van der Waals surface area (Å²) in [6, 6.07) is 8.36. The molecular weight excluding hydrogens is 461 g/mol. The molecule has 3 aliphatic rings. The van der Waals surface area contributed by atoms with Crippen LogP contribution in [0.3, 0.4) is 0 Å². The maximum atomic E-state index is 15.8. The molecule has 3 saturated heterocycles. The molecule has 3 fully saturated rings. The Morgan fingerprint density at radius 2 is 1.47 bits per heavy atom. The molecule has 11 heteroatoms. The number of anilines is 4. The molecule has 2 aromatic rings. The molecule has 0 bridgehead atoms. The Kier molecular flexibility index (Phi) is 8.32. The van der Waals surface area contributed by atoms with Gasteiger partial charge in [-0.25, -0.2) is 0 Å². The second-order valence-electron chi connectivity index (χ2n) is 9.47. The number of halogens is 1. The van der Waals surface area contributed by atoms with Crippen molar-refractivity contribution in [3.8, 4) is 0 Å². The summed E-state index contributed by atoms with van der Waals surface area (Å²) in [5.74, 6) is 0.898. The normalized spacial score (nSPS) is 19.6. The van der Waals surface area contributed by atoms with Gasteiger partial charge in [-0.15, -0.1) is 0 Å². The number of ether oxygens (including phenoxy) is 1. The van der Waals surface area contributed by atoms with Crippen molar-refractivity contribution in [1.82, 2.24) is 20.2 Å². The molecule has 4 heterocycles. The molecule has 0 aliphatic carbocycles. The first-order valence-corrected chi connectivity index (χ1v) is 13.1. The first-order valence-electron chi connectivity index (χ1n) is 13.1. The topological polar surface area (TPSA) is 98.0 Å². The van der Waals surface area contributed by atoms with Crippen LogP contribution in [0.2, 0.25) is 0 Å². The van der Waals surface area contributed by atoms with E-state index in [-0.39, 0.29) is 5.82 Å². The van der Waals surface area contributed by atoms with E-state index in [2.05, 4.69) is 54.7 Å². The van der Waals surface area contributed by atoms with Crippen molar-refractivity contribution in [2.75, 3.05) is 112 Å². The Labute approximate surface area is 212 Å². The maximum Gasteiger partial charge on any atom is 0.226 e. The van der Waals surface area contributed by atoms with Gasteiger partial charge in [0.05, 0.1) is 13.2 Å². The fraction of sp³-hybridized carbons (Fsp3) is 0.600. The van der Waals surface area contributed by atoms with Crippen molar-refractivity contribution in [2.24, 2.45) is 5.73 Å². The van der Waals surface area contributed by atoms with E-state index < -0.39 is 0 Å². The minimum absolute atomic E-state index is 0.342. The van der Waals surface area contributed by atoms with Gasteiger partial charge < -0.3 is 35.8 Å². The van der Waals surface area contributed by atoms with Crippen molar-refractivity contribution in [3.63, 3.8) is 0 Å². The van der Waals surface area contributed by atoms with Crippen LogP contribution < -0.4 is 31.1 Å². The van der Waals surface area contributed by atoms with Gasteiger partial charge in [-0.3, -0.25) is 4.90 Å². The molecule has 0 spiro atoms. The molecule has 0 atom stereocenters. The minimum atomic E-state index is -0.342. The fourth-order valence-electron chi connectivity index (χ4n) is 4.98. The zero-order valence-corrected chi connectivity index (χ0v) is 21.0. The number of nitrogens with one attached hydrogen (secondary N) is 2. The molecule has 4 N–H and O–H groups in total. The van der Waals surface area contributed by atoms with Crippen molar-refractivity contribution < 1.29 is 9.13 Å². The van der Waals surface area contributed by atoms with E-state index in [0.717, 1.165) is 57.9 Å². The summed E-state index contributed by atoms with van der Waals surface area (Å²) in [5.41, 5.74) is 8.02. The monoisotopic (exact) mass is 499 g/mol. The first-order chi connectivity index (χ1) is 17.7. The van der Waals surface area contributed by atoms with Gasteiger partial charge in [0.25, 0.3) is 0 Å². The predicted octanol–water partition coefficient (Wildman–Crippen LogP) is 0.555. The maximum absolute atomic E-state index is 15.8. The summed E-state index contributed by atoms with van der Waals surface area (Å²) in [4.78, 5) is 18.0. The number of hydrogen-bond donors (Lipinski definition) is 3. The zero-order chi connectivity index (χ0) is 24.7. The number of nitrogens with two attached hydrogens (primary N) is 1. The van der Waals surface area contributed by atoms with Gasteiger partial charge in [0.1, 0.15) is 0 Å². The molecule has 36 heavy (non-hydrogen) atoms. The standard InChI is InChI=1S/C25H38FN9O/c26-22-23(34-13-11-33(12-14-34)21-3-1-20(19-27)2-4-21)30-25(29-7-10-32-8-5-28-6-9-32)31-24(22)35-15-17-36-18-16-35/h1-4,28H,5-19,27H2,(H,29,30,31). The molecule has 1 aromatic heterocycles. The summed E-state index contributed by atoms with van der Waals surface area (Å²) in [6.45, 7) is 11.6. The number of benzene rings is 1. The SMILES string of the molecule is NCc1ccc(N2CCN(c3nc(NCCN4CCNCC4)nc(N4CCOCC4)c3F)CC2)cc1. The lowest BCUT2D eigenvalue weighted by Crippen LogP contribution is -2.47. The molecular formula is C25H38FN9O. The smallest absolute Gasteiger partial charge is 0.226 e. The van der Waals surface area contributed by atoms with Crippen LogP contribution in [-0.2, 0) is 11.3 Å². The lowest BCUT2D eigenvalue weighted by atomic mass is 10.2. The highest BCUT2D eigenvalue weighted by Gasteiger charge is 2.27. The van der Waals surface area contributed by atoms with Crippen LogP contribution >= 0.6 is 0 Å². The van der Waals surface area contributed by atoms with Crippen molar-refractivity contribution in [2.45, 2.75) is 6.54 Å². The summed E-state index contributed by atoms with van der Waals surface area (Å²) >= 11 is 0. The second kappa shape index (κ2) is 12.0. The Morgan fingerprint density at radius 1 is 0.861 bits per heavy atom. The quantitative estimate of drug-likeness (QED) is 0.478. The van der Waals surface area contributed by atoms with E-state index in [0.29, 0.717) is 63.5 Å². The highest BCUT2D eigenvalue weighted by molar-refractivity contribution is 5.58. The van der Waals surface area contributed by atoms with E-state index in [4.69, 9.17) is 10.5 Å². The summed E-state index contributed by atoms with van der Waals surface area (Å²) < 4.78 is 21.3. The van der Waals surface area contributed by atoms with E-state index in [1.807, 2.05) is 9.80 Å². The van der Waals surface area contributed by atoms with Crippen LogP contribution in [0.5, 0.6) is 0 Å². The van der Waals surface area contributed by atoms with Crippen LogP contribution in [-0.4, -0.2) is 107 Å². The molecule has 0 saturated carbocycles. The van der Waals surface area contributed by atoms with Crippen molar-refractivity contribution in [1.29, 1.82) is 0 Å². The highest BCUT2D eigenvalue weighted by atomic mass is 19.1. The van der Waals surface area contributed by atoms with Gasteiger partial charge in [-0.05, 0) is 17.7 Å². The minimum Gasteiger partial charge on any atom is -0.378 e. The van der Waals surface area contributed by atoms with E-state index in [1.165, 1.54) is 5.69 Å². The molecule has 0 unspecified atom stereocenters. The van der Waals surface area contributed by atoms with Gasteiger partial charge >= 0.3 is 0 Å².